The maximum atomic E-state index is 12.6. The number of hydrogen-bond donors (Lipinski definition) is 0. The second-order valence-corrected chi connectivity index (χ2v) is 10.3. The number of ether oxygens (including phenoxy) is 1. The summed E-state index contributed by atoms with van der Waals surface area (Å²) in [6.45, 7) is 6.54. The van der Waals surface area contributed by atoms with Crippen molar-refractivity contribution in [3.63, 3.8) is 0 Å². The van der Waals surface area contributed by atoms with Crippen LogP contribution in [0.2, 0.25) is 0 Å². The van der Waals surface area contributed by atoms with Crippen LogP contribution in [0.3, 0.4) is 0 Å². The quantitative estimate of drug-likeness (QED) is 0.195. The predicted octanol–water partition coefficient (Wildman–Crippen LogP) is 6.15. The molecule has 0 N–H and O–H groups in total. The molecular formula is C25H24N2O3S2. The van der Waals surface area contributed by atoms with Gasteiger partial charge in [0.25, 0.3) is 0 Å². The van der Waals surface area contributed by atoms with Crippen molar-refractivity contribution in [1.29, 1.82) is 0 Å². The maximum absolute atomic E-state index is 12.6. The highest BCUT2D eigenvalue weighted by Gasteiger charge is 2.19. The van der Waals surface area contributed by atoms with Crippen LogP contribution < -0.4 is 0 Å². The number of imidazole rings is 1. The summed E-state index contributed by atoms with van der Waals surface area (Å²) in [5.41, 5.74) is 4.23. The average Bonchev–Trinajstić information content (AvgIpc) is 3.44. The number of hydrogen-bond acceptors (Lipinski definition) is 6. The zero-order valence-electron chi connectivity index (χ0n) is 18.4. The molecular weight excluding hydrogens is 440 g/mol. The Bertz CT molecular complexity index is 1270. The number of methoxy groups -OCH3 is 1. The standard InChI is InChI=1S/C25H24N2O3S2/c1-25(2,3)17-8-10-18(11-9-17)27-20-12-7-16(23(29)30-4)14-19(20)26-24(27)32-15-21(28)22-6-5-13-31-22/h5-14H,15H2,1-4H3. The molecule has 4 aromatic rings. The van der Waals surface area contributed by atoms with Crippen molar-refractivity contribution in [2.45, 2.75) is 31.3 Å². The lowest BCUT2D eigenvalue weighted by Crippen LogP contribution is -2.11. The number of carbonyl (C=O) groups excluding carboxylic acids is 2. The molecule has 2 aromatic carbocycles. The summed E-state index contributed by atoms with van der Waals surface area (Å²) >= 11 is 2.84. The van der Waals surface area contributed by atoms with Gasteiger partial charge in [-0.2, -0.15) is 0 Å². The third kappa shape index (κ3) is 4.49. The third-order valence-electron chi connectivity index (χ3n) is 5.16. The van der Waals surface area contributed by atoms with E-state index in [1.54, 1.807) is 12.1 Å². The zero-order valence-corrected chi connectivity index (χ0v) is 20.0. The highest BCUT2D eigenvalue weighted by atomic mass is 32.2. The monoisotopic (exact) mass is 464 g/mol. The summed E-state index contributed by atoms with van der Waals surface area (Å²) < 4.78 is 6.89. The summed E-state index contributed by atoms with van der Waals surface area (Å²) in [5, 5.41) is 2.61. The third-order valence-corrected chi connectivity index (χ3v) is 7.01. The van der Waals surface area contributed by atoms with Gasteiger partial charge in [0.05, 0.1) is 34.3 Å². The Morgan fingerprint density at radius 1 is 1.09 bits per heavy atom. The van der Waals surface area contributed by atoms with E-state index in [-0.39, 0.29) is 17.0 Å². The van der Waals surface area contributed by atoms with Crippen molar-refractivity contribution in [2.24, 2.45) is 0 Å². The van der Waals surface area contributed by atoms with Crippen LogP contribution in [0, 0.1) is 0 Å². The van der Waals surface area contributed by atoms with Crippen molar-refractivity contribution in [3.05, 3.63) is 76.0 Å². The van der Waals surface area contributed by atoms with E-state index in [4.69, 9.17) is 9.72 Å². The molecule has 0 aliphatic heterocycles. The molecule has 0 radical (unpaired) electrons. The Morgan fingerprint density at radius 2 is 1.84 bits per heavy atom. The fourth-order valence-corrected chi connectivity index (χ4v) is 5.07. The first-order valence-electron chi connectivity index (χ1n) is 10.2. The lowest BCUT2D eigenvalue weighted by atomic mass is 9.87. The van der Waals surface area contributed by atoms with Gasteiger partial charge in [-0.3, -0.25) is 9.36 Å². The number of fused-ring (bicyclic) bond motifs is 1. The molecule has 0 aliphatic rings. The first-order chi connectivity index (χ1) is 15.3. The molecule has 0 amide bonds. The van der Waals surface area contributed by atoms with E-state index in [1.165, 1.54) is 35.8 Å². The molecule has 4 rings (SSSR count). The molecule has 0 atom stereocenters. The summed E-state index contributed by atoms with van der Waals surface area (Å²) in [6.07, 6.45) is 0. The van der Waals surface area contributed by atoms with Crippen LogP contribution in [-0.4, -0.2) is 34.2 Å². The van der Waals surface area contributed by atoms with E-state index in [1.807, 2.05) is 28.1 Å². The molecule has 0 bridgehead atoms. The van der Waals surface area contributed by atoms with Crippen molar-refractivity contribution in [2.75, 3.05) is 12.9 Å². The van der Waals surface area contributed by atoms with E-state index in [0.29, 0.717) is 16.2 Å². The van der Waals surface area contributed by atoms with Crippen LogP contribution in [0.15, 0.2) is 65.1 Å². The van der Waals surface area contributed by atoms with Crippen LogP contribution in [0.1, 0.15) is 46.4 Å². The topological polar surface area (TPSA) is 61.2 Å². The summed E-state index contributed by atoms with van der Waals surface area (Å²) in [7, 11) is 1.36. The molecule has 2 aromatic heterocycles. The number of nitrogens with zero attached hydrogens (tertiary/aromatic N) is 2. The van der Waals surface area contributed by atoms with Gasteiger partial charge in [-0.15, -0.1) is 11.3 Å². The minimum Gasteiger partial charge on any atom is -0.465 e. The van der Waals surface area contributed by atoms with Gasteiger partial charge < -0.3 is 4.74 Å². The lowest BCUT2D eigenvalue weighted by molar-refractivity contribution is 0.0600. The smallest absolute Gasteiger partial charge is 0.337 e. The van der Waals surface area contributed by atoms with Crippen molar-refractivity contribution in [1.82, 2.24) is 9.55 Å². The molecule has 7 heteroatoms. The number of thiophene rings is 1. The van der Waals surface area contributed by atoms with E-state index in [9.17, 15) is 9.59 Å². The fourth-order valence-electron chi connectivity index (χ4n) is 3.40. The molecule has 0 saturated carbocycles. The largest absolute Gasteiger partial charge is 0.465 e. The Kier molecular flexibility index (Phi) is 6.22. The Balaban J connectivity index is 1.76. The number of benzene rings is 2. The maximum Gasteiger partial charge on any atom is 0.337 e. The summed E-state index contributed by atoms with van der Waals surface area (Å²) in [6, 6.07) is 17.4. The van der Waals surface area contributed by atoms with Crippen molar-refractivity contribution in [3.8, 4) is 5.69 Å². The lowest BCUT2D eigenvalue weighted by Gasteiger charge is -2.19. The van der Waals surface area contributed by atoms with Gasteiger partial charge in [0.15, 0.2) is 10.9 Å². The Morgan fingerprint density at radius 3 is 2.47 bits per heavy atom. The van der Waals surface area contributed by atoms with Crippen LogP contribution in [-0.2, 0) is 10.2 Å². The first-order valence-corrected chi connectivity index (χ1v) is 12.1. The molecule has 0 unspecified atom stereocenters. The molecule has 2 heterocycles. The van der Waals surface area contributed by atoms with Gasteiger partial charge in [0, 0.05) is 5.69 Å². The zero-order chi connectivity index (χ0) is 22.9. The van der Waals surface area contributed by atoms with E-state index in [2.05, 4.69) is 45.0 Å². The highest BCUT2D eigenvalue weighted by molar-refractivity contribution is 7.99. The van der Waals surface area contributed by atoms with Gasteiger partial charge in [0.1, 0.15) is 0 Å². The number of carbonyl (C=O) groups is 2. The second kappa shape index (κ2) is 8.92. The second-order valence-electron chi connectivity index (χ2n) is 8.41. The van der Waals surface area contributed by atoms with E-state index in [0.717, 1.165) is 16.1 Å². The molecule has 0 spiro atoms. The van der Waals surface area contributed by atoms with E-state index >= 15 is 0 Å². The highest BCUT2D eigenvalue weighted by Crippen LogP contribution is 2.31. The molecule has 0 fully saturated rings. The number of thioether (sulfide) groups is 1. The number of aromatic nitrogens is 2. The minimum atomic E-state index is -0.405. The fraction of sp³-hybridized carbons (Fsp3) is 0.240. The average molecular weight is 465 g/mol. The Labute approximate surface area is 195 Å². The van der Waals surface area contributed by atoms with Crippen molar-refractivity contribution < 1.29 is 14.3 Å². The molecule has 5 nitrogen and oxygen atoms in total. The van der Waals surface area contributed by atoms with Crippen LogP contribution in [0.5, 0.6) is 0 Å². The SMILES string of the molecule is COC(=O)c1ccc2c(c1)nc(SCC(=O)c1cccs1)n2-c1ccc(C(C)(C)C)cc1. The normalized spacial score (nSPS) is 11.6. The van der Waals surface area contributed by atoms with Crippen LogP contribution in [0.4, 0.5) is 0 Å². The van der Waals surface area contributed by atoms with Crippen LogP contribution >= 0.6 is 23.1 Å². The molecule has 32 heavy (non-hydrogen) atoms. The van der Waals surface area contributed by atoms with Gasteiger partial charge in [0.2, 0.25) is 0 Å². The van der Waals surface area contributed by atoms with Gasteiger partial charge in [-0.1, -0.05) is 50.7 Å². The number of esters is 1. The van der Waals surface area contributed by atoms with Crippen LogP contribution in [0.25, 0.3) is 16.7 Å². The van der Waals surface area contributed by atoms with Gasteiger partial charge in [-0.25, -0.2) is 9.78 Å². The number of ketones is 1. The number of Topliss-reactive ketones (excluding diaryl/α,β-unsaturated/α-hetero) is 1. The van der Waals surface area contributed by atoms with Crippen molar-refractivity contribution >= 4 is 45.9 Å². The number of rotatable bonds is 6. The minimum absolute atomic E-state index is 0.0512. The molecule has 0 aliphatic carbocycles. The molecule has 164 valence electrons. The van der Waals surface area contributed by atoms with Gasteiger partial charge in [-0.05, 0) is 52.8 Å². The van der Waals surface area contributed by atoms with Gasteiger partial charge >= 0.3 is 5.97 Å². The molecule has 0 saturated heterocycles. The predicted molar refractivity (Wildman–Crippen MR) is 130 cm³/mol. The van der Waals surface area contributed by atoms with E-state index < -0.39 is 5.97 Å². The Hall–Kier alpha value is -2.90. The first kappa shape index (κ1) is 22.3. The summed E-state index contributed by atoms with van der Waals surface area (Å²) in [4.78, 5) is 30.1. The summed E-state index contributed by atoms with van der Waals surface area (Å²) in [5.74, 6) is -0.0479.